The third kappa shape index (κ3) is 4.58. The molecule has 1 aromatic rings. The molecule has 0 aliphatic carbocycles. The Morgan fingerprint density at radius 2 is 2.00 bits per heavy atom. The zero-order valence-corrected chi connectivity index (χ0v) is 11.2. The molecule has 0 heterocycles. The third-order valence-corrected chi connectivity index (χ3v) is 3.94. The summed E-state index contributed by atoms with van der Waals surface area (Å²) in [7, 11) is 0. The second-order valence-electron chi connectivity index (χ2n) is 4.18. The van der Waals surface area contributed by atoms with Crippen LogP contribution in [0.15, 0.2) is 29.2 Å². The molecule has 2 N–H and O–H groups in total. The lowest BCUT2D eigenvalue weighted by molar-refractivity contribution is 0.641. The Bertz CT molecular complexity index is 299. The second kappa shape index (κ2) is 7.75. The highest BCUT2D eigenvalue weighted by molar-refractivity contribution is 7.99. The predicted molar refractivity (Wildman–Crippen MR) is 74.0 cm³/mol. The van der Waals surface area contributed by atoms with Crippen molar-refractivity contribution in [1.29, 1.82) is 0 Å². The van der Waals surface area contributed by atoms with Crippen molar-refractivity contribution in [1.82, 2.24) is 0 Å². The van der Waals surface area contributed by atoms with Gasteiger partial charge in [0.1, 0.15) is 0 Å². The van der Waals surface area contributed by atoms with E-state index in [4.69, 9.17) is 5.73 Å². The van der Waals surface area contributed by atoms with Crippen LogP contribution in [0.2, 0.25) is 0 Å². The van der Waals surface area contributed by atoms with Crippen LogP contribution in [0.25, 0.3) is 0 Å². The lowest BCUT2D eigenvalue weighted by Crippen LogP contribution is -2.21. The van der Waals surface area contributed by atoms with Crippen molar-refractivity contribution in [3.8, 4) is 0 Å². The molecule has 0 fully saturated rings. The average molecular weight is 237 g/mol. The molecule has 0 saturated heterocycles. The highest BCUT2D eigenvalue weighted by Gasteiger charge is 2.06. The van der Waals surface area contributed by atoms with Gasteiger partial charge in [0.15, 0.2) is 0 Å². The SMILES string of the molecule is CCCCSc1ccccc1CC(N)CC. The van der Waals surface area contributed by atoms with Crippen LogP contribution in [0.5, 0.6) is 0 Å². The summed E-state index contributed by atoms with van der Waals surface area (Å²) in [6.07, 6.45) is 4.61. The Morgan fingerprint density at radius 3 is 2.69 bits per heavy atom. The van der Waals surface area contributed by atoms with E-state index in [2.05, 4.69) is 38.1 Å². The maximum atomic E-state index is 6.02. The van der Waals surface area contributed by atoms with E-state index >= 15 is 0 Å². The largest absolute Gasteiger partial charge is 0.327 e. The molecule has 0 bridgehead atoms. The van der Waals surface area contributed by atoms with Gasteiger partial charge in [0.05, 0.1) is 0 Å². The minimum atomic E-state index is 0.299. The van der Waals surface area contributed by atoms with E-state index in [1.165, 1.54) is 29.1 Å². The zero-order valence-electron chi connectivity index (χ0n) is 10.4. The monoisotopic (exact) mass is 237 g/mol. The van der Waals surface area contributed by atoms with Crippen LogP contribution in [0, 0.1) is 0 Å². The van der Waals surface area contributed by atoms with Gasteiger partial charge in [-0.3, -0.25) is 0 Å². The minimum Gasteiger partial charge on any atom is -0.327 e. The van der Waals surface area contributed by atoms with Gasteiger partial charge >= 0.3 is 0 Å². The van der Waals surface area contributed by atoms with Crippen molar-refractivity contribution in [3.63, 3.8) is 0 Å². The fourth-order valence-corrected chi connectivity index (χ4v) is 2.73. The summed E-state index contributed by atoms with van der Waals surface area (Å²) in [6, 6.07) is 8.96. The molecule has 0 aromatic heterocycles. The lowest BCUT2D eigenvalue weighted by atomic mass is 10.1. The minimum absolute atomic E-state index is 0.299. The van der Waals surface area contributed by atoms with Crippen LogP contribution >= 0.6 is 11.8 Å². The van der Waals surface area contributed by atoms with Gasteiger partial charge < -0.3 is 5.73 Å². The molecule has 0 aliphatic rings. The van der Waals surface area contributed by atoms with E-state index in [9.17, 15) is 0 Å². The number of nitrogens with two attached hydrogens (primary N) is 1. The summed E-state index contributed by atoms with van der Waals surface area (Å²) in [6.45, 7) is 4.39. The van der Waals surface area contributed by atoms with Crippen molar-refractivity contribution in [3.05, 3.63) is 29.8 Å². The van der Waals surface area contributed by atoms with Gasteiger partial charge in [-0.2, -0.15) is 0 Å². The average Bonchev–Trinajstić information content (AvgIpc) is 2.31. The fraction of sp³-hybridized carbons (Fsp3) is 0.571. The van der Waals surface area contributed by atoms with Gasteiger partial charge in [-0.25, -0.2) is 0 Å². The van der Waals surface area contributed by atoms with Crippen molar-refractivity contribution in [2.24, 2.45) is 5.73 Å². The summed E-state index contributed by atoms with van der Waals surface area (Å²) < 4.78 is 0. The van der Waals surface area contributed by atoms with Crippen molar-refractivity contribution >= 4 is 11.8 Å². The summed E-state index contributed by atoms with van der Waals surface area (Å²) in [5.41, 5.74) is 7.43. The summed E-state index contributed by atoms with van der Waals surface area (Å²) in [5, 5.41) is 0. The van der Waals surface area contributed by atoms with Crippen LogP contribution in [0.4, 0.5) is 0 Å². The zero-order chi connectivity index (χ0) is 11.8. The number of unbranched alkanes of at least 4 members (excludes halogenated alkanes) is 1. The second-order valence-corrected chi connectivity index (χ2v) is 5.32. The van der Waals surface area contributed by atoms with Gasteiger partial charge in [0, 0.05) is 10.9 Å². The summed E-state index contributed by atoms with van der Waals surface area (Å²) >= 11 is 1.97. The molecule has 1 unspecified atom stereocenters. The maximum Gasteiger partial charge on any atom is 0.0105 e. The summed E-state index contributed by atoms with van der Waals surface area (Å²) in [4.78, 5) is 1.42. The van der Waals surface area contributed by atoms with E-state index < -0.39 is 0 Å². The van der Waals surface area contributed by atoms with E-state index in [0.29, 0.717) is 6.04 Å². The number of benzene rings is 1. The quantitative estimate of drug-likeness (QED) is 0.575. The molecule has 1 nitrogen and oxygen atoms in total. The predicted octanol–water partition coefficient (Wildman–Crippen LogP) is 3.86. The van der Waals surface area contributed by atoms with Gasteiger partial charge in [-0.1, -0.05) is 38.5 Å². The molecule has 16 heavy (non-hydrogen) atoms. The Morgan fingerprint density at radius 1 is 1.25 bits per heavy atom. The van der Waals surface area contributed by atoms with E-state index in [0.717, 1.165) is 12.8 Å². The maximum absolute atomic E-state index is 6.02. The Labute approximate surface area is 104 Å². The van der Waals surface area contributed by atoms with Crippen LogP contribution in [-0.2, 0) is 6.42 Å². The molecular weight excluding hydrogens is 214 g/mol. The van der Waals surface area contributed by atoms with E-state index in [1.807, 2.05) is 11.8 Å². The first-order valence-electron chi connectivity index (χ1n) is 6.24. The van der Waals surface area contributed by atoms with Crippen LogP contribution in [0.3, 0.4) is 0 Å². The highest BCUT2D eigenvalue weighted by atomic mass is 32.2. The van der Waals surface area contributed by atoms with E-state index in [1.54, 1.807) is 0 Å². The molecule has 0 aliphatic heterocycles. The first kappa shape index (κ1) is 13.6. The smallest absolute Gasteiger partial charge is 0.0105 e. The van der Waals surface area contributed by atoms with Crippen LogP contribution < -0.4 is 5.73 Å². The molecule has 1 rings (SSSR count). The van der Waals surface area contributed by atoms with Gasteiger partial charge in [-0.15, -0.1) is 11.8 Å². The molecule has 0 amide bonds. The molecule has 1 atom stereocenters. The summed E-state index contributed by atoms with van der Waals surface area (Å²) in [5.74, 6) is 1.22. The number of hydrogen-bond acceptors (Lipinski definition) is 2. The fourth-order valence-electron chi connectivity index (χ4n) is 1.57. The van der Waals surface area contributed by atoms with Crippen molar-refractivity contribution in [2.45, 2.75) is 50.5 Å². The number of rotatable bonds is 7. The molecule has 2 heteroatoms. The molecule has 0 saturated carbocycles. The third-order valence-electron chi connectivity index (χ3n) is 2.73. The standard InChI is InChI=1S/C14H23NS/c1-3-5-10-16-14-9-7-6-8-12(14)11-13(15)4-2/h6-9,13H,3-5,10-11,15H2,1-2H3. The number of hydrogen-bond donors (Lipinski definition) is 1. The Balaban J connectivity index is 2.60. The molecular formula is C14H23NS. The van der Waals surface area contributed by atoms with Gasteiger partial charge in [0.2, 0.25) is 0 Å². The molecule has 0 spiro atoms. The molecule has 0 radical (unpaired) electrons. The van der Waals surface area contributed by atoms with Crippen LogP contribution in [0.1, 0.15) is 38.7 Å². The van der Waals surface area contributed by atoms with Gasteiger partial charge in [-0.05, 0) is 36.6 Å². The van der Waals surface area contributed by atoms with Crippen molar-refractivity contribution in [2.75, 3.05) is 5.75 Å². The van der Waals surface area contributed by atoms with Crippen LogP contribution in [-0.4, -0.2) is 11.8 Å². The topological polar surface area (TPSA) is 26.0 Å². The first-order chi connectivity index (χ1) is 7.77. The number of thioether (sulfide) groups is 1. The van der Waals surface area contributed by atoms with Crippen molar-refractivity contribution < 1.29 is 0 Å². The lowest BCUT2D eigenvalue weighted by Gasteiger charge is -2.12. The Kier molecular flexibility index (Phi) is 6.58. The first-order valence-corrected chi connectivity index (χ1v) is 7.22. The molecule has 1 aromatic carbocycles. The normalized spacial score (nSPS) is 12.7. The molecule has 90 valence electrons. The van der Waals surface area contributed by atoms with Gasteiger partial charge in [0.25, 0.3) is 0 Å². The Hall–Kier alpha value is -0.470. The van der Waals surface area contributed by atoms with E-state index in [-0.39, 0.29) is 0 Å². The highest BCUT2D eigenvalue weighted by Crippen LogP contribution is 2.24.